The molecular formula is C18H28N4O3. The lowest BCUT2D eigenvalue weighted by Gasteiger charge is -2.14. The Morgan fingerprint density at radius 3 is 2.72 bits per heavy atom. The van der Waals surface area contributed by atoms with Crippen molar-refractivity contribution >= 4 is 11.9 Å². The van der Waals surface area contributed by atoms with Crippen LogP contribution in [0.15, 0.2) is 29.3 Å². The van der Waals surface area contributed by atoms with Gasteiger partial charge in [-0.25, -0.2) is 4.99 Å². The van der Waals surface area contributed by atoms with Gasteiger partial charge >= 0.3 is 0 Å². The third-order valence-corrected chi connectivity index (χ3v) is 3.89. The molecule has 0 saturated carbocycles. The number of methoxy groups -OCH3 is 1. The van der Waals surface area contributed by atoms with Crippen LogP contribution in [0.3, 0.4) is 0 Å². The number of hydrogen-bond donors (Lipinski definition) is 3. The number of rotatable bonds is 8. The molecule has 0 radical (unpaired) electrons. The van der Waals surface area contributed by atoms with E-state index in [-0.39, 0.29) is 18.6 Å². The molecule has 0 bridgehead atoms. The number of carbonyl (C=O) groups is 1. The highest BCUT2D eigenvalue weighted by atomic mass is 16.5. The van der Waals surface area contributed by atoms with Crippen molar-refractivity contribution in [2.75, 3.05) is 33.4 Å². The molecule has 0 aromatic heterocycles. The maximum Gasteiger partial charge on any atom is 0.242 e. The van der Waals surface area contributed by atoms with Gasteiger partial charge in [0.25, 0.3) is 0 Å². The first-order valence-electron chi connectivity index (χ1n) is 8.74. The Morgan fingerprint density at radius 2 is 2.08 bits per heavy atom. The number of nitrogens with one attached hydrogen (secondary N) is 3. The normalized spacial score (nSPS) is 17.2. The Morgan fingerprint density at radius 1 is 1.28 bits per heavy atom. The molecule has 1 amide bonds. The lowest BCUT2D eigenvalue weighted by atomic mass is 10.2. The minimum absolute atomic E-state index is 0.0804. The van der Waals surface area contributed by atoms with Crippen LogP contribution in [-0.4, -0.2) is 51.3 Å². The quantitative estimate of drug-likeness (QED) is 0.483. The molecule has 7 heteroatoms. The molecule has 2 rings (SSSR count). The minimum atomic E-state index is -0.120. The van der Waals surface area contributed by atoms with Gasteiger partial charge in [0.15, 0.2) is 5.96 Å². The summed E-state index contributed by atoms with van der Waals surface area (Å²) in [5, 5.41) is 9.23. The number of nitrogens with zero attached hydrogens (tertiary/aromatic N) is 1. The molecule has 25 heavy (non-hydrogen) atoms. The maximum absolute atomic E-state index is 12.0. The van der Waals surface area contributed by atoms with E-state index in [1.807, 2.05) is 31.2 Å². The second-order valence-corrected chi connectivity index (χ2v) is 5.84. The number of benzene rings is 1. The number of ether oxygens (including phenoxy) is 2. The van der Waals surface area contributed by atoms with Crippen LogP contribution >= 0.6 is 0 Å². The summed E-state index contributed by atoms with van der Waals surface area (Å²) in [6.07, 6.45) is 2.40. The number of aliphatic imine (C=N–C) groups is 1. The van der Waals surface area contributed by atoms with E-state index < -0.39 is 0 Å². The van der Waals surface area contributed by atoms with Crippen molar-refractivity contribution in [2.45, 2.75) is 32.4 Å². The molecule has 7 nitrogen and oxygen atoms in total. The van der Waals surface area contributed by atoms with Gasteiger partial charge in [-0.1, -0.05) is 12.1 Å². The predicted molar refractivity (Wildman–Crippen MR) is 97.8 cm³/mol. The van der Waals surface area contributed by atoms with Crippen LogP contribution in [0, 0.1) is 0 Å². The summed E-state index contributed by atoms with van der Waals surface area (Å²) >= 11 is 0. The van der Waals surface area contributed by atoms with E-state index in [2.05, 4.69) is 20.9 Å². The second-order valence-electron chi connectivity index (χ2n) is 5.84. The van der Waals surface area contributed by atoms with Gasteiger partial charge in [-0.3, -0.25) is 4.79 Å². The molecule has 1 aliphatic rings. The van der Waals surface area contributed by atoms with Gasteiger partial charge in [0, 0.05) is 26.2 Å². The van der Waals surface area contributed by atoms with Crippen LogP contribution in [0.25, 0.3) is 0 Å². The van der Waals surface area contributed by atoms with Gasteiger partial charge in [-0.2, -0.15) is 0 Å². The standard InChI is InChI=1S/C18H28N4O3/c1-3-19-18(21-12-16-5-4-10-25-16)22-13-17(23)20-11-14-6-8-15(24-2)9-7-14/h6-9,16H,3-5,10-13H2,1-2H3,(H,20,23)(H2,19,21,22). The van der Waals surface area contributed by atoms with Gasteiger partial charge < -0.3 is 25.4 Å². The van der Waals surface area contributed by atoms with E-state index >= 15 is 0 Å². The highest BCUT2D eigenvalue weighted by Gasteiger charge is 2.15. The molecule has 1 saturated heterocycles. The van der Waals surface area contributed by atoms with Crippen molar-refractivity contribution in [1.82, 2.24) is 16.0 Å². The first-order chi connectivity index (χ1) is 12.2. The van der Waals surface area contributed by atoms with Crippen LogP contribution in [0.1, 0.15) is 25.3 Å². The predicted octanol–water partition coefficient (Wildman–Crippen LogP) is 1.05. The number of guanidine groups is 1. The zero-order valence-electron chi connectivity index (χ0n) is 15.0. The number of amides is 1. The SMILES string of the molecule is CCNC(=NCC(=O)NCc1ccc(OC)cc1)NCC1CCCO1. The average molecular weight is 348 g/mol. The number of carbonyl (C=O) groups excluding carboxylic acids is 1. The molecule has 1 aliphatic heterocycles. The molecule has 1 unspecified atom stereocenters. The van der Waals surface area contributed by atoms with Crippen molar-refractivity contribution in [3.05, 3.63) is 29.8 Å². The van der Waals surface area contributed by atoms with E-state index in [9.17, 15) is 4.79 Å². The minimum Gasteiger partial charge on any atom is -0.497 e. The topological polar surface area (TPSA) is 84.0 Å². The van der Waals surface area contributed by atoms with Gasteiger partial charge in [0.05, 0.1) is 13.2 Å². The summed E-state index contributed by atoms with van der Waals surface area (Å²) in [7, 11) is 1.63. The Balaban J connectivity index is 1.74. The first-order valence-corrected chi connectivity index (χ1v) is 8.74. The summed E-state index contributed by atoms with van der Waals surface area (Å²) in [5.74, 6) is 1.31. The monoisotopic (exact) mass is 348 g/mol. The van der Waals surface area contributed by atoms with Crippen molar-refractivity contribution in [3.8, 4) is 5.75 Å². The van der Waals surface area contributed by atoms with Gasteiger partial charge in [0.1, 0.15) is 12.3 Å². The number of hydrogen-bond acceptors (Lipinski definition) is 4. The fourth-order valence-electron chi connectivity index (χ4n) is 2.51. The zero-order valence-corrected chi connectivity index (χ0v) is 15.0. The van der Waals surface area contributed by atoms with Gasteiger partial charge in [-0.15, -0.1) is 0 Å². The van der Waals surface area contributed by atoms with Crippen LogP contribution < -0.4 is 20.7 Å². The molecule has 3 N–H and O–H groups in total. The largest absolute Gasteiger partial charge is 0.497 e. The Bertz CT molecular complexity index is 554. The lowest BCUT2D eigenvalue weighted by Crippen LogP contribution is -2.41. The van der Waals surface area contributed by atoms with Crippen molar-refractivity contribution < 1.29 is 14.3 Å². The Kier molecular flexibility index (Phi) is 8.04. The highest BCUT2D eigenvalue weighted by molar-refractivity contribution is 5.84. The van der Waals surface area contributed by atoms with Crippen LogP contribution in [-0.2, 0) is 16.1 Å². The highest BCUT2D eigenvalue weighted by Crippen LogP contribution is 2.11. The Labute approximate surface area is 149 Å². The molecule has 1 aromatic carbocycles. The van der Waals surface area contributed by atoms with Crippen LogP contribution in [0.5, 0.6) is 5.75 Å². The summed E-state index contributed by atoms with van der Waals surface area (Å²) in [6, 6.07) is 7.60. The van der Waals surface area contributed by atoms with E-state index in [0.29, 0.717) is 19.0 Å². The molecule has 138 valence electrons. The molecule has 1 aromatic rings. The fraction of sp³-hybridized carbons (Fsp3) is 0.556. The van der Waals surface area contributed by atoms with Crippen molar-refractivity contribution in [3.63, 3.8) is 0 Å². The smallest absolute Gasteiger partial charge is 0.242 e. The third-order valence-electron chi connectivity index (χ3n) is 3.89. The molecule has 1 heterocycles. The molecule has 1 atom stereocenters. The maximum atomic E-state index is 12.0. The van der Waals surface area contributed by atoms with E-state index in [1.165, 1.54) is 0 Å². The van der Waals surface area contributed by atoms with Gasteiger partial charge in [-0.05, 0) is 37.5 Å². The fourth-order valence-corrected chi connectivity index (χ4v) is 2.51. The summed E-state index contributed by atoms with van der Waals surface area (Å²) in [4.78, 5) is 16.3. The van der Waals surface area contributed by atoms with Crippen molar-refractivity contribution in [2.24, 2.45) is 4.99 Å². The average Bonchev–Trinajstić information content (AvgIpc) is 3.16. The molecule has 0 spiro atoms. The molecular weight excluding hydrogens is 320 g/mol. The first kappa shape index (κ1) is 19.1. The lowest BCUT2D eigenvalue weighted by molar-refractivity contribution is -0.119. The summed E-state index contributed by atoms with van der Waals surface area (Å²) in [5.41, 5.74) is 1.02. The second kappa shape index (κ2) is 10.6. The Hall–Kier alpha value is -2.28. The van der Waals surface area contributed by atoms with E-state index in [4.69, 9.17) is 9.47 Å². The van der Waals surface area contributed by atoms with Crippen LogP contribution in [0.2, 0.25) is 0 Å². The summed E-state index contributed by atoms with van der Waals surface area (Å²) in [6.45, 7) is 4.82. The molecule has 1 fully saturated rings. The molecule has 0 aliphatic carbocycles. The zero-order chi connectivity index (χ0) is 17.9. The van der Waals surface area contributed by atoms with Crippen molar-refractivity contribution in [1.29, 1.82) is 0 Å². The van der Waals surface area contributed by atoms with E-state index in [1.54, 1.807) is 7.11 Å². The summed E-state index contributed by atoms with van der Waals surface area (Å²) < 4.78 is 10.7. The van der Waals surface area contributed by atoms with E-state index in [0.717, 1.165) is 37.3 Å². The van der Waals surface area contributed by atoms with Crippen LogP contribution in [0.4, 0.5) is 0 Å². The third kappa shape index (κ3) is 7.01. The van der Waals surface area contributed by atoms with Gasteiger partial charge in [0.2, 0.25) is 5.91 Å².